The summed E-state index contributed by atoms with van der Waals surface area (Å²) in [6.45, 7) is 0. The first-order valence-corrected chi connectivity index (χ1v) is 12.3. The van der Waals surface area contributed by atoms with Crippen LogP contribution in [0.5, 0.6) is 0 Å². The van der Waals surface area contributed by atoms with E-state index < -0.39 is 0 Å². The first-order valence-electron chi connectivity index (χ1n) is 12.0. The lowest BCUT2D eigenvalue weighted by molar-refractivity contribution is 0.966. The van der Waals surface area contributed by atoms with Gasteiger partial charge in [-0.1, -0.05) is 35.9 Å². The number of H-pyrrole nitrogens is 3. The zero-order chi connectivity index (χ0) is 24.9. The molecule has 7 rings (SSSR count). The summed E-state index contributed by atoms with van der Waals surface area (Å²) in [4.78, 5) is 21.4. The summed E-state index contributed by atoms with van der Waals surface area (Å²) >= 11 is 6.48. The number of benzene rings is 3. The molecule has 6 aromatic rings. The third-order valence-electron chi connectivity index (χ3n) is 6.57. The minimum Gasteiger partial charge on any atom is -0.324 e. The predicted octanol–water partition coefficient (Wildman–Crippen LogP) is 6.21. The van der Waals surface area contributed by atoms with Gasteiger partial charge in [-0.15, -0.1) is 0 Å². The smallest absolute Gasteiger partial charge is 0.271 e. The van der Waals surface area contributed by atoms with Crippen molar-refractivity contribution in [3.8, 4) is 11.1 Å². The number of nitrogens with zero attached hydrogens (tertiary/aromatic N) is 3. The van der Waals surface area contributed by atoms with Gasteiger partial charge in [0.15, 0.2) is 5.82 Å². The Kier molecular flexibility index (Phi) is 4.97. The maximum absolute atomic E-state index is 11.9. The molecule has 182 valence electrons. The van der Waals surface area contributed by atoms with Crippen LogP contribution in [0, 0.1) is 0 Å². The standard InChI is InChI=1S/C27H21ClN8O/c28-20-4-2-1-3-17(20)15-7-10-21-19(11-15)25(31-24-13-22(33-35-24)14-5-6-14)32-27(30-21)29-16-8-9-18-23(12-16)34-36-26(18)37/h1-4,7-14H,5-6H2,(H2,34,36,37)(H3,29,30,31,32,33,35). The molecule has 0 bridgehead atoms. The van der Waals surface area contributed by atoms with Crippen LogP contribution in [-0.2, 0) is 0 Å². The van der Waals surface area contributed by atoms with Crippen molar-refractivity contribution >= 4 is 56.7 Å². The zero-order valence-electron chi connectivity index (χ0n) is 19.5. The fourth-order valence-electron chi connectivity index (χ4n) is 4.51. The maximum atomic E-state index is 11.9. The summed E-state index contributed by atoms with van der Waals surface area (Å²) in [6.07, 6.45) is 2.37. The Balaban J connectivity index is 1.31. The van der Waals surface area contributed by atoms with Gasteiger partial charge in [0.2, 0.25) is 5.95 Å². The third-order valence-corrected chi connectivity index (χ3v) is 6.90. The molecule has 1 fully saturated rings. The molecule has 0 radical (unpaired) electrons. The summed E-state index contributed by atoms with van der Waals surface area (Å²) in [7, 11) is 0. The fourth-order valence-corrected chi connectivity index (χ4v) is 4.76. The van der Waals surface area contributed by atoms with Crippen molar-refractivity contribution in [1.29, 1.82) is 0 Å². The van der Waals surface area contributed by atoms with E-state index in [1.54, 1.807) is 6.07 Å². The highest BCUT2D eigenvalue weighted by Crippen LogP contribution is 2.40. The highest BCUT2D eigenvalue weighted by Gasteiger charge is 2.25. The minimum absolute atomic E-state index is 0.158. The largest absolute Gasteiger partial charge is 0.324 e. The number of fused-ring (bicyclic) bond motifs is 2. The van der Waals surface area contributed by atoms with E-state index in [-0.39, 0.29) is 5.56 Å². The highest BCUT2D eigenvalue weighted by molar-refractivity contribution is 6.33. The fraction of sp³-hybridized carbons (Fsp3) is 0.111. The van der Waals surface area contributed by atoms with Crippen LogP contribution in [-0.4, -0.2) is 30.4 Å². The summed E-state index contributed by atoms with van der Waals surface area (Å²) in [5.41, 5.74) is 5.07. The van der Waals surface area contributed by atoms with E-state index in [1.807, 2.05) is 60.7 Å². The van der Waals surface area contributed by atoms with Gasteiger partial charge in [0, 0.05) is 39.3 Å². The van der Waals surface area contributed by atoms with E-state index in [0.717, 1.165) is 33.4 Å². The van der Waals surface area contributed by atoms with Crippen LogP contribution >= 0.6 is 11.6 Å². The molecule has 0 amide bonds. The summed E-state index contributed by atoms with van der Waals surface area (Å²) < 4.78 is 0. The van der Waals surface area contributed by atoms with Gasteiger partial charge in [0.05, 0.1) is 16.4 Å². The second kappa shape index (κ2) is 8.49. The molecule has 0 atom stereocenters. The van der Waals surface area contributed by atoms with Crippen molar-refractivity contribution in [3.63, 3.8) is 0 Å². The van der Waals surface area contributed by atoms with Crippen LogP contribution in [0.25, 0.3) is 32.9 Å². The van der Waals surface area contributed by atoms with Crippen LogP contribution in [0.2, 0.25) is 5.02 Å². The Bertz CT molecular complexity index is 1850. The molecule has 0 unspecified atom stereocenters. The molecule has 0 spiro atoms. The van der Waals surface area contributed by atoms with Crippen molar-refractivity contribution in [1.82, 2.24) is 30.4 Å². The molecular weight excluding hydrogens is 488 g/mol. The number of nitrogens with one attached hydrogen (secondary N) is 5. The van der Waals surface area contributed by atoms with Crippen molar-refractivity contribution < 1.29 is 0 Å². The van der Waals surface area contributed by atoms with Gasteiger partial charge in [-0.3, -0.25) is 20.1 Å². The first-order chi connectivity index (χ1) is 18.1. The Morgan fingerprint density at radius 1 is 0.892 bits per heavy atom. The molecule has 3 aromatic heterocycles. The van der Waals surface area contributed by atoms with Gasteiger partial charge in [-0.05, 0) is 54.8 Å². The molecule has 1 aliphatic carbocycles. The number of hydrogen-bond acceptors (Lipinski definition) is 6. The van der Waals surface area contributed by atoms with E-state index in [4.69, 9.17) is 21.6 Å². The third kappa shape index (κ3) is 4.09. The maximum Gasteiger partial charge on any atom is 0.271 e. The lowest BCUT2D eigenvalue weighted by Gasteiger charge is -2.12. The molecule has 10 heteroatoms. The molecule has 3 heterocycles. The quantitative estimate of drug-likeness (QED) is 0.182. The lowest BCUT2D eigenvalue weighted by atomic mass is 10.0. The molecule has 1 aliphatic rings. The van der Waals surface area contributed by atoms with Gasteiger partial charge in [0.25, 0.3) is 5.56 Å². The molecule has 5 N–H and O–H groups in total. The van der Waals surface area contributed by atoms with Crippen LogP contribution in [0.4, 0.5) is 23.3 Å². The minimum atomic E-state index is -0.158. The number of rotatable bonds is 6. The number of aromatic amines is 3. The molecular formula is C27H21ClN8O. The van der Waals surface area contributed by atoms with E-state index in [0.29, 0.717) is 39.4 Å². The van der Waals surface area contributed by atoms with Crippen molar-refractivity contribution in [2.45, 2.75) is 18.8 Å². The van der Waals surface area contributed by atoms with E-state index >= 15 is 0 Å². The average molecular weight is 509 g/mol. The second-order valence-electron chi connectivity index (χ2n) is 9.18. The number of anilines is 4. The molecule has 3 aromatic carbocycles. The molecule has 0 saturated heterocycles. The van der Waals surface area contributed by atoms with Crippen molar-refractivity contribution in [2.75, 3.05) is 10.6 Å². The van der Waals surface area contributed by atoms with Crippen LogP contribution in [0.3, 0.4) is 0 Å². The van der Waals surface area contributed by atoms with Crippen molar-refractivity contribution in [2.24, 2.45) is 0 Å². The van der Waals surface area contributed by atoms with E-state index in [2.05, 4.69) is 31.0 Å². The highest BCUT2D eigenvalue weighted by atomic mass is 35.5. The Morgan fingerprint density at radius 3 is 2.65 bits per heavy atom. The zero-order valence-corrected chi connectivity index (χ0v) is 20.2. The Morgan fingerprint density at radius 2 is 1.78 bits per heavy atom. The van der Waals surface area contributed by atoms with Gasteiger partial charge in [-0.25, -0.2) is 4.98 Å². The first kappa shape index (κ1) is 21.6. The monoisotopic (exact) mass is 508 g/mol. The summed E-state index contributed by atoms with van der Waals surface area (Å²) in [5, 5.41) is 21.8. The van der Waals surface area contributed by atoms with Crippen LogP contribution in [0.15, 0.2) is 71.5 Å². The number of hydrogen-bond donors (Lipinski definition) is 5. The van der Waals surface area contributed by atoms with Crippen LogP contribution in [0.1, 0.15) is 24.5 Å². The SMILES string of the molecule is O=c1[nH][nH]c2cc(Nc3nc(Nc4cc(C5CC5)[nH]n4)c4cc(-c5ccccc5Cl)ccc4n3)ccc12. The predicted molar refractivity (Wildman–Crippen MR) is 146 cm³/mol. The van der Waals surface area contributed by atoms with Gasteiger partial charge >= 0.3 is 0 Å². The van der Waals surface area contributed by atoms with E-state index in [1.165, 1.54) is 12.8 Å². The Labute approximate surface area is 215 Å². The van der Waals surface area contributed by atoms with Crippen molar-refractivity contribution in [3.05, 3.63) is 87.8 Å². The number of aromatic nitrogens is 6. The van der Waals surface area contributed by atoms with Gasteiger partial charge < -0.3 is 10.6 Å². The lowest BCUT2D eigenvalue weighted by Crippen LogP contribution is -2.03. The average Bonchev–Trinajstić information content (AvgIpc) is 3.55. The molecule has 9 nitrogen and oxygen atoms in total. The molecule has 37 heavy (non-hydrogen) atoms. The number of halogens is 1. The van der Waals surface area contributed by atoms with E-state index in [9.17, 15) is 4.79 Å². The van der Waals surface area contributed by atoms with Gasteiger partial charge in [-0.2, -0.15) is 10.1 Å². The molecule has 0 aliphatic heterocycles. The van der Waals surface area contributed by atoms with Crippen LogP contribution < -0.4 is 16.2 Å². The normalized spacial score (nSPS) is 13.3. The summed E-state index contributed by atoms with van der Waals surface area (Å²) in [6, 6.07) is 21.2. The molecule has 1 saturated carbocycles. The summed E-state index contributed by atoms with van der Waals surface area (Å²) in [5.74, 6) is 2.29. The van der Waals surface area contributed by atoms with Gasteiger partial charge in [0.1, 0.15) is 5.82 Å². The topological polar surface area (TPSA) is 127 Å². The second-order valence-corrected chi connectivity index (χ2v) is 9.59. The Hall–Kier alpha value is -4.63.